The van der Waals surface area contributed by atoms with Crippen molar-refractivity contribution in [3.63, 3.8) is 0 Å². The standard InChI is InChI=1S/C35H35ClN2O7S/c1-7-43-34(40)30-21(4)37-35-38(31(30)23-14-15-26(45-20(2)3)28(17-23)42-6)33(39)29(46-35)18-24-11-9-13-27(41-5)32(24)44-19-22-10-8-12-25(36)16-22/h8-18,20,31H,7,19H2,1-6H3/b29-18+/t31-/m1/s1. The highest BCUT2D eigenvalue weighted by molar-refractivity contribution is 7.07. The van der Waals surface area contributed by atoms with Gasteiger partial charge in [-0.3, -0.25) is 9.36 Å². The summed E-state index contributed by atoms with van der Waals surface area (Å²) in [6, 6.07) is 17.4. The van der Waals surface area contributed by atoms with Gasteiger partial charge < -0.3 is 23.7 Å². The van der Waals surface area contributed by atoms with E-state index in [2.05, 4.69) is 4.99 Å². The summed E-state index contributed by atoms with van der Waals surface area (Å²) in [5, 5.41) is 0.606. The molecule has 1 aromatic heterocycles. The molecule has 3 aromatic carbocycles. The molecule has 0 amide bonds. The third-order valence-electron chi connectivity index (χ3n) is 7.17. The molecule has 4 aromatic rings. The number of halogens is 1. The maximum absolute atomic E-state index is 14.2. The normalized spacial score (nSPS) is 14.5. The minimum absolute atomic E-state index is 0.0781. The molecule has 1 atom stereocenters. The number of nitrogens with zero attached hydrogens (tertiary/aromatic N) is 2. The number of fused-ring (bicyclic) bond motifs is 1. The van der Waals surface area contributed by atoms with Crippen LogP contribution >= 0.6 is 22.9 Å². The van der Waals surface area contributed by atoms with Gasteiger partial charge in [0.25, 0.3) is 5.56 Å². The Balaban J connectivity index is 1.65. The van der Waals surface area contributed by atoms with Crippen molar-refractivity contribution in [3.05, 3.63) is 113 Å². The lowest BCUT2D eigenvalue weighted by molar-refractivity contribution is -0.139. The van der Waals surface area contributed by atoms with Crippen molar-refractivity contribution in [3.8, 4) is 23.0 Å². The molecule has 2 heterocycles. The summed E-state index contributed by atoms with van der Waals surface area (Å²) >= 11 is 7.39. The van der Waals surface area contributed by atoms with Gasteiger partial charge in [0.2, 0.25) is 0 Å². The second-order valence-corrected chi connectivity index (χ2v) is 12.1. The van der Waals surface area contributed by atoms with Crippen LogP contribution in [0.2, 0.25) is 5.02 Å². The molecule has 240 valence electrons. The first-order chi connectivity index (χ1) is 22.1. The molecule has 9 nitrogen and oxygen atoms in total. The molecular formula is C35H35ClN2O7S. The second-order valence-electron chi connectivity index (χ2n) is 10.7. The number of thiazole rings is 1. The molecule has 1 aliphatic rings. The van der Waals surface area contributed by atoms with Gasteiger partial charge in [-0.2, -0.15) is 0 Å². The van der Waals surface area contributed by atoms with Gasteiger partial charge >= 0.3 is 5.97 Å². The monoisotopic (exact) mass is 662 g/mol. The molecule has 0 radical (unpaired) electrons. The van der Waals surface area contributed by atoms with Crippen LogP contribution in [0.1, 0.15) is 50.4 Å². The number of benzene rings is 3. The third-order valence-corrected chi connectivity index (χ3v) is 8.39. The number of allylic oxidation sites excluding steroid dienone is 1. The van der Waals surface area contributed by atoms with Crippen LogP contribution in [0.25, 0.3) is 6.08 Å². The summed E-state index contributed by atoms with van der Waals surface area (Å²) in [7, 11) is 3.11. The number of para-hydroxylation sites is 1. The summed E-state index contributed by atoms with van der Waals surface area (Å²) in [4.78, 5) is 32.7. The quantitative estimate of drug-likeness (QED) is 0.186. The van der Waals surface area contributed by atoms with Gasteiger partial charge in [-0.1, -0.05) is 53.3 Å². The number of hydrogen-bond donors (Lipinski definition) is 0. The molecule has 11 heteroatoms. The van der Waals surface area contributed by atoms with Gasteiger partial charge in [0.05, 0.1) is 48.8 Å². The minimum atomic E-state index is -0.816. The summed E-state index contributed by atoms with van der Waals surface area (Å²) < 4.78 is 30.7. The van der Waals surface area contributed by atoms with Crippen molar-refractivity contribution in [2.24, 2.45) is 4.99 Å². The molecule has 0 bridgehead atoms. The molecule has 5 rings (SSSR count). The first-order valence-electron chi connectivity index (χ1n) is 14.7. The number of esters is 1. The largest absolute Gasteiger partial charge is 0.493 e. The smallest absolute Gasteiger partial charge is 0.338 e. The van der Waals surface area contributed by atoms with E-state index in [0.717, 1.165) is 5.56 Å². The number of methoxy groups -OCH3 is 2. The fraction of sp³-hybridized carbons (Fsp3) is 0.286. The van der Waals surface area contributed by atoms with Crippen molar-refractivity contribution in [2.45, 2.75) is 46.4 Å². The summed E-state index contributed by atoms with van der Waals surface area (Å²) in [6.45, 7) is 7.74. The van der Waals surface area contributed by atoms with Crippen LogP contribution in [0.4, 0.5) is 0 Å². The summed E-state index contributed by atoms with van der Waals surface area (Å²) in [6.07, 6.45) is 1.67. The van der Waals surface area contributed by atoms with Crippen LogP contribution in [0.3, 0.4) is 0 Å². The maximum Gasteiger partial charge on any atom is 0.338 e. The number of rotatable bonds is 11. The fourth-order valence-corrected chi connectivity index (χ4v) is 6.45. The lowest BCUT2D eigenvalue weighted by Gasteiger charge is -2.25. The SMILES string of the molecule is CCOC(=O)C1=C(C)N=c2s/c(=C/c3cccc(OC)c3OCc3cccc(Cl)c3)c(=O)n2[C@@H]1c1ccc(OC(C)C)c(OC)c1. The number of ether oxygens (including phenoxy) is 5. The van der Waals surface area contributed by atoms with E-state index in [-0.39, 0.29) is 30.5 Å². The Bertz CT molecular complexity index is 1980. The first-order valence-corrected chi connectivity index (χ1v) is 15.9. The van der Waals surface area contributed by atoms with E-state index < -0.39 is 12.0 Å². The molecule has 0 N–H and O–H groups in total. The Morgan fingerprint density at radius 1 is 1.04 bits per heavy atom. The molecule has 0 spiro atoms. The van der Waals surface area contributed by atoms with Gasteiger partial charge in [0, 0.05) is 10.6 Å². The highest BCUT2D eigenvalue weighted by atomic mass is 35.5. The van der Waals surface area contributed by atoms with Crippen molar-refractivity contribution in [1.29, 1.82) is 0 Å². The van der Waals surface area contributed by atoms with Gasteiger partial charge in [-0.05, 0) is 75.2 Å². The maximum atomic E-state index is 14.2. The molecule has 0 saturated carbocycles. The first kappa shape index (κ1) is 32.8. The van der Waals surface area contributed by atoms with Crippen LogP contribution in [0, 0.1) is 0 Å². The third kappa shape index (κ3) is 6.83. The Labute approximate surface area is 275 Å². The molecule has 0 aliphatic carbocycles. The van der Waals surface area contributed by atoms with Crippen molar-refractivity contribution >= 4 is 35.0 Å². The van der Waals surface area contributed by atoms with Crippen molar-refractivity contribution in [1.82, 2.24) is 4.57 Å². The van der Waals surface area contributed by atoms with E-state index in [1.165, 1.54) is 15.9 Å². The second kappa shape index (κ2) is 14.3. The van der Waals surface area contributed by atoms with Gasteiger partial charge in [0.1, 0.15) is 6.61 Å². The number of carbonyl (C=O) groups is 1. The number of carbonyl (C=O) groups excluding carboxylic acids is 1. The molecule has 0 fully saturated rings. The lowest BCUT2D eigenvalue weighted by Crippen LogP contribution is -2.40. The Morgan fingerprint density at radius 2 is 1.80 bits per heavy atom. The average molecular weight is 663 g/mol. The topological polar surface area (TPSA) is 97.6 Å². The van der Waals surface area contributed by atoms with Crippen molar-refractivity contribution in [2.75, 3.05) is 20.8 Å². The van der Waals surface area contributed by atoms with E-state index in [1.54, 1.807) is 58.4 Å². The molecule has 1 aliphatic heterocycles. The summed E-state index contributed by atoms with van der Waals surface area (Å²) in [5.74, 6) is 1.47. The molecular weight excluding hydrogens is 628 g/mol. The van der Waals surface area contributed by atoms with Crippen LogP contribution < -0.4 is 33.8 Å². The molecule has 46 heavy (non-hydrogen) atoms. The van der Waals surface area contributed by atoms with Crippen molar-refractivity contribution < 1.29 is 28.5 Å². The fourth-order valence-electron chi connectivity index (χ4n) is 5.20. The van der Waals surface area contributed by atoms with Crippen LogP contribution in [-0.2, 0) is 16.1 Å². The van der Waals surface area contributed by atoms with Crippen LogP contribution in [0.5, 0.6) is 23.0 Å². The number of aromatic nitrogens is 1. The molecule has 0 saturated heterocycles. The van der Waals surface area contributed by atoms with E-state index in [4.69, 9.17) is 35.3 Å². The van der Waals surface area contributed by atoms with E-state index in [0.29, 0.717) is 54.2 Å². The van der Waals surface area contributed by atoms with E-state index >= 15 is 0 Å². The molecule has 0 unspecified atom stereocenters. The zero-order valence-corrected chi connectivity index (χ0v) is 28.0. The van der Waals surface area contributed by atoms with Gasteiger partial charge in [-0.25, -0.2) is 9.79 Å². The predicted octanol–water partition coefficient (Wildman–Crippen LogP) is 5.84. The highest BCUT2D eigenvalue weighted by Crippen LogP contribution is 2.37. The predicted molar refractivity (Wildman–Crippen MR) is 178 cm³/mol. The Kier molecular flexibility index (Phi) is 10.2. The summed E-state index contributed by atoms with van der Waals surface area (Å²) in [5.41, 5.74) is 2.57. The zero-order valence-electron chi connectivity index (χ0n) is 26.5. The Morgan fingerprint density at radius 3 is 2.50 bits per heavy atom. The lowest BCUT2D eigenvalue weighted by atomic mass is 9.95. The minimum Gasteiger partial charge on any atom is -0.493 e. The Hall–Kier alpha value is -4.54. The van der Waals surface area contributed by atoms with E-state index in [9.17, 15) is 9.59 Å². The van der Waals surface area contributed by atoms with Crippen LogP contribution in [0.15, 0.2) is 81.7 Å². The van der Waals surface area contributed by atoms with E-state index in [1.807, 2.05) is 50.2 Å². The van der Waals surface area contributed by atoms with Gasteiger partial charge in [0.15, 0.2) is 27.8 Å². The average Bonchev–Trinajstić information content (AvgIpc) is 3.33. The number of hydrogen-bond acceptors (Lipinski definition) is 9. The van der Waals surface area contributed by atoms with Crippen LogP contribution in [-0.4, -0.2) is 37.5 Å². The van der Waals surface area contributed by atoms with Gasteiger partial charge in [-0.15, -0.1) is 0 Å². The zero-order chi connectivity index (χ0) is 33.0. The highest BCUT2D eigenvalue weighted by Gasteiger charge is 2.34.